The molecule has 0 amide bonds. The maximum Gasteiger partial charge on any atom is 0.146 e. The smallest absolute Gasteiger partial charge is 0.146 e. The molecule has 0 saturated carbocycles. The Morgan fingerprint density at radius 2 is 1.88 bits per heavy atom. The number of thiocarbonyl (C=S) groups is 1. The molecule has 0 radical (unpaired) electrons. The molecule has 2 aromatic rings. The van der Waals surface area contributed by atoms with Gasteiger partial charge in [-0.2, -0.15) is 4.99 Å². The zero-order chi connectivity index (χ0) is 12.1. The number of hydrogen-bond acceptors (Lipinski definition) is 3. The highest BCUT2D eigenvalue weighted by Crippen LogP contribution is 2.32. The van der Waals surface area contributed by atoms with Crippen molar-refractivity contribution in [3.05, 3.63) is 53.6 Å². The second-order valence-corrected chi connectivity index (χ2v) is 3.82. The largest absolute Gasteiger partial charge is 0.456 e. The maximum atomic E-state index is 6.07. The summed E-state index contributed by atoms with van der Waals surface area (Å²) < 4.78 is 5.62. The van der Waals surface area contributed by atoms with Gasteiger partial charge in [0.15, 0.2) is 0 Å². The molecular weight excluding hydrogens is 254 g/mol. The Balaban J connectivity index is 2.25. The summed E-state index contributed by atoms with van der Waals surface area (Å²) in [5.74, 6) is 1.32. The van der Waals surface area contributed by atoms with Gasteiger partial charge in [0.05, 0.1) is 15.9 Å². The fourth-order valence-electron chi connectivity index (χ4n) is 1.31. The highest BCUT2D eigenvalue weighted by Gasteiger charge is 2.03. The molecular formula is C13H8ClNOS. The van der Waals surface area contributed by atoms with Crippen LogP contribution in [0, 0.1) is 0 Å². The molecule has 2 nitrogen and oxygen atoms in total. The zero-order valence-corrected chi connectivity index (χ0v) is 10.3. The summed E-state index contributed by atoms with van der Waals surface area (Å²) in [4.78, 5) is 3.84. The number of isothiocyanates is 1. The molecule has 2 rings (SSSR count). The first-order valence-corrected chi connectivity index (χ1v) is 5.68. The first-order chi connectivity index (χ1) is 8.29. The summed E-state index contributed by atoms with van der Waals surface area (Å²) in [6.45, 7) is 0. The van der Waals surface area contributed by atoms with Crippen molar-refractivity contribution in [2.45, 2.75) is 0 Å². The van der Waals surface area contributed by atoms with E-state index >= 15 is 0 Å². The number of para-hydroxylation sites is 1. The average molecular weight is 262 g/mol. The number of nitrogens with zero attached hydrogens (tertiary/aromatic N) is 1. The number of hydrogen-bond donors (Lipinski definition) is 0. The van der Waals surface area contributed by atoms with Crippen LogP contribution in [0.25, 0.3) is 0 Å². The van der Waals surface area contributed by atoms with Crippen LogP contribution < -0.4 is 4.74 Å². The highest BCUT2D eigenvalue weighted by molar-refractivity contribution is 7.78. The van der Waals surface area contributed by atoms with Crippen LogP contribution >= 0.6 is 23.8 Å². The van der Waals surface area contributed by atoms with Crippen molar-refractivity contribution in [2.75, 3.05) is 0 Å². The molecule has 0 heterocycles. The summed E-state index contributed by atoms with van der Waals surface area (Å²) in [6, 6.07) is 14.6. The molecule has 0 spiro atoms. The molecule has 0 atom stereocenters. The van der Waals surface area contributed by atoms with Crippen molar-refractivity contribution in [3.8, 4) is 11.5 Å². The quantitative estimate of drug-likeness (QED) is 0.581. The van der Waals surface area contributed by atoms with E-state index in [0.29, 0.717) is 16.5 Å². The van der Waals surface area contributed by atoms with Gasteiger partial charge in [0.1, 0.15) is 11.5 Å². The first kappa shape index (κ1) is 11.8. The van der Waals surface area contributed by atoms with Crippen molar-refractivity contribution in [2.24, 2.45) is 4.99 Å². The summed E-state index contributed by atoms with van der Waals surface area (Å²) in [5, 5.41) is 2.78. The van der Waals surface area contributed by atoms with Crippen LogP contribution in [0.3, 0.4) is 0 Å². The molecule has 2 aromatic carbocycles. The van der Waals surface area contributed by atoms with Crippen molar-refractivity contribution in [1.82, 2.24) is 0 Å². The fraction of sp³-hybridized carbons (Fsp3) is 0. The van der Waals surface area contributed by atoms with Crippen molar-refractivity contribution >= 4 is 34.7 Å². The Morgan fingerprint density at radius 1 is 1.12 bits per heavy atom. The van der Waals surface area contributed by atoms with Gasteiger partial charge in [0.2, 0.25) is 0 Å². The standard InChI is InChI=1S/C13H8ClNOS/c14-12-8-10(15-9-17)6-7-13(12)16-11-4-2-1-3-5-11/h1-8H. The Labute approximate surface area is 110 Å². The maximum absolute atomic E-state index is 6.07. The molecule has 0 aliphatic heterocycles. The molecule has 4 heteroatoms. The van der Waals surface area contributed by atoms with Gasteiger partial charge < -0.3 is 4.74 Å². The van der Waals surface area contributed by atoms with E-state index in [4.69, 9.17) is 16.3 Å². The van der Waals surface area contributed by atoms with Crippen LogP contribution in [0.2, 0.25) is 5.02 Å². The first-order valence-electron chi connectivity index (χ1n) is 4.90. The molecule has 0 N–H and O–H groups in total. The lowest BCUT2D eigenvalue weighted by atomic mass is 10.3. The van der Waals surface area contributed by atoms with E-state index in [1.54, 1.807) is 18.2 Å². The van der Waals surface area contributed by atoms with E-state index in [0.717, 1.165) is 5.75 Å². The minimum Gasteiger partial charge on any atom is -0.456 e. The lowest BCUT2D eigenvalue weighted by molar-refractivity contribution is 0.483. The van der Waals surface area contributed by atoms with Gasteiger partial charge >= 0.3 is 0 Å². The summed E-state index contributed by atoms with van der Waals surface area (Å²) in [7, 11) is 0. The van der Waals surface area contributed by atoms with E-state index in [-0.39, 0.29) is 0 Å². The van der Waals surface area contributed by atoms with Crippen molar-refractivity contribution in [3.63, 3.8) is 0 Å². The molecule has 17 heavy (non-hydrogen) atoms. The average Bonchev–Trinajstić information content (AvgIpc) is 2.34. The van der Waals surface area contributed by atoms with Gasteiger partial charge in [-0.1, -0.05) is 29.8 Å². The SMILES string of the molecule is S=C=Nc1ccc(Oc2ccccc2)c(Cl)c1. The fourth-order valence-corrected chi connectivity index (χ4v) is 1.63. The summed E-state index contributed by atoms with van der Waals surface area (Å²) >= 11 is 10.6. The second-order valence-electron chi connectivity index (χ2n) is 3.23. The van der Waals surface area contributed by atoms with E-state index in [1.165, 1.54) is 0 Å². The third kappa shape index (κ3) is 3.14. The Kier molecular flexibility index (Phi) is 3.89. The third-order valence-electron chi connectivity index (χ3n) is 2.06. The molecule has 0 fully saturated rings. The Hall–Kier alpha value is -1.67. The van der Waals surface area contributed by atoms with Gasteiger partial charge in [0.25, 0.3) is 0 Å². The van der Waals surface area contributed by atoms with Crippen LogP contribution in [-0.4, -0.2) is 5.16 Å². The van der Waals surface area contributed by atoms with Crippen molar-refractivity contribution < 1.29 is 4.74 Å². The van der Waals surface area contributed by atoms with Gasteiger partial charge in [-0.05, 0) is 42.5 Å². The molecule has 84 valence electrons. The zero-order valence-electron chi connectivity index (χ0n) is 8.76. The Morgan fingerprint density at radius 3 is 2.53 bits per heavy atom. The molecule has 0 aliphatic carbocycles. The lowest BCUT2D eigenvalue weighted by Gasteiger charge is -2.07. The van der Waals surface area contributed by atoms with Gasteiger partial charge in [-0.15, -0.1) is 0 Å². The minimum atomic E-state index is 0.486. The van der Waals surface area contributed by atoms with Gasteiger partial charge in [-0.3, -0.25) is 0 Å². The van der Waals surface area contributed by atoms with E-state index < -0.39 is 0 Å². The molecule has 0 bridgehead atoms. The number of benzene rings is 2. The monoisotopic (exact) mass is 261 g/mol. The van der Waals surface area contributed by atoms with Crippen molar-refractivity contribution in [1.29, 1.82) is 0 Å². The van der Waals surface area contributed by atoms with E-state index in [9.17, 15) is 0 Å². The predicted molar refractivity (Wildman–Crippen MR) is 72.7 cm³/mol. The van der Waals surface area contributed by atoms with Crippen LogP contribution in [0.5, 0.6) is 11.5 Å². The minimum absolute atomic E-state index is 0.486. The molecule has 0 unspecified atom stereocenters. The van der Waals surface area contributed by atoms with Gasteiger partial charge in [0, 0.05) is 0 Å². The van der Waals surface area contributed by atoms with E-state index in [2.05, 4.69) is 22.4 Å². The number of ether oxygens (including phenoxy) is 1. The number of aliphatic imine (C=N–C) groups is 1. The van der Waals surface area contributed by atoms with Crippen LogP contribution in [-0.2, 0) is 0 Å². The van der Waals surface area contributed by atoms with E-state index in [1.807, 2.05) is 30.3 Å². The van der Waals surface area contributed by atoms with Crippen LogP contribution in [0.4, 0.5) is 5.69 Å². The lowest BCUT2D eigenvalue weighted by Crippen LogP contribution is -1.84. The topological polar surface area (TPSA) is 21.6 Å². The number of rotatable bonds is 3. The molecule has 0 saturated heterocycles. The van der Waals surface area contributed by atoms with Crippen LogP contribution in [0.1, 0.15) is 0 Å². The third-order valence-corrected chi connectivity index (χ3v) is 2.45. The highest BCUT2D eigenvalue weighted by atomic mass is 35.5. The molecule has 0 aliphatic rings. The molecule has 0 aromatic heterocycles. The van der Waals surface area contributed by atoms with Gasteiger partial charge in [-0.25, -0.2) is 0 Å². The predicted octanol–water partition coefficient (Wildman–Crippen LogP) is 4.87. The second kappa shape index (κ2) is 5.60. The Bertz CT molecular complexity index is 565. The number of halogens is 1. The summed E-state index contributed by atoms with van der Waals surface area (Å²) in [5.41, 5.74) is 0.658. The van der Waals surface area contributed by atoms with Crippen LogP contribution in [0.15, 0.2) is 53.5 Å². The summed E-state index contributed by atoms with van der Waals surface area (Å²) in [6.07, 6.45) is 0. The normalized spacial score (nSPS) is 9.47.